The van der Waals surface area contributed by atoms with Crippen molar-refractivity contribution in [2.45, 2.75) is 63.6 Å². The summed E-state index contributed by atoms with van der Waals surface area (Å²) in [6.07, 6.45) is 18.4. The van der Waals surface area contributed by atoms with Crippen LogP contribution in [0, 0.1) is 11.8 Å². The van der Waals surface area contributed by atoms with E-state index in [0.717, 1.165) is 88.2 Å². The summed E-state index contributed by atoms with van der Waals surface area (Å²) in [5, 5.41) is 18.1. The lowest BCUT2D eigenvalue weighted by atomic mass is 10.0. The summed E-state index contributed by atoms with van der Waals surface area (Å²) in [7, 11) is 0. The van der Waals surface area contributed by atoms with Crippen molar-refractivity contribution < 1.29 is 14.2 Å². The normalized spacial score (nSPS) is 21.5. The summed E-state index contributed by atoms with van der Waals surface area (Å²) in [6, 6.07) is 7.27. The molecule has 4 aromatic heterocycles. The van der Waals surface area contributed by atoms with Gasteiger partial charge < -0.3 is 19.5 Å². The Morgan fingerprint density at radius 3 is 1.07 bits per heavy atom. The Balaban J connectivity index is 0.000000170. The van der Waals surface area contributed by atoms with Crippen LogP contribution in [-0.4, -0.2) is 92.1 Å². The maximum absolute atomic E-state index is 5.53. The molecule has 4 bridgehead atoms. The Hall–Kier alpha value is -0.000000000000000319. The van der Waals surface area contributed by atoms with Crippen LogP contribution in [0.1, 0.15) is 51.4 Å². The van der Waals surface area contributed by atoms with Crippen molar-refractivity contribution in [3.63, 3.8) is 0 Å². The van der Waals surface area contributed by atoms with Gasteiger partial charge in [0.2, 0.25) is 0 Å². The van der Waals surface area contributed by atoms with Gasteiger partial charge in [0.1, 0.15) is 36.8 Å². The van der Waals surface area contributed by atoms with Crippen molar-refractivity contribution in [1.29, 1.82) is 0 Å². The van der Waals surface area contributed by atoms with E-state index in [1.807, 2.05) is 24.3 Å². The second-order valence-electron chi connectivity index (χ2n) is 12.1. The Kier molecular flexibility index (Phi) is 26.2. The zero-order valence-corrected chi connectivity index (χ0v) is 41.8. The predicted molar refractivity (Wildman–Crippen MR) is 237 cm³/mol. The van der Waals surface area contributed by atoms with Crippen LogP contribution in [0.3, 0.4) is 0 Å². The lowest BCUT2D eigenvalue weighted by Gasteiger charge is -2.20. The highest BCUT2D eigenvalue weighted by molar-refractivity contribution is 9.11. The summed E-state index contributed by atoms with van der Waals surface area (Å²) in [5.74, 6) is 1.88. The fourth-order valence-electron chi connectivity index (χ4n) is 5.25. The average molecular weight is 1260 g/mol. The largest absolute Gasteiger partial charge is 0.381 e. The summed E-state index contributed by atoms with van der Waals surface area (Å²) in [4.78, 5) is 15.5. The molecule has 0 spiro atoms. The molecule has 0 amide bonds. The highest BCUT2D eigenvalue weighted by atomic mass is 79.9. The minimum atomic E-state index is 0.550. The van der Waals surface area contributed by atoms with E-state index in [-0.39, 0.29) is 0 Å². The monoisotopic (exact) mass is 1250 g/mol. The fourth-order valence-corrected chi connectivity index (χ4v) is 6.91. The number of halogens is 8. The number of nitrogens with one attached hydrogen (secondary N) is 1. The fraction of sp³-hybridized carbons (Fsp3) is 0.529. The summed E-state index contributed by atoms with van der Waals surface area (Å²) in [5.41, 5.74) is 0. The Morgan fingerprint density at radius 1 is 0.463 bits per heavy atom. The summed E-state index contributed by atoms with van der Waals surface area (Å²) in [6.45, 7) is 6.26. The Morgan fingerprint density at radius 2 is 0.833 bits per heavy atom. The van der Waals surface area contributed by atoms with Crippen molar-refractivity contribution >= 4 is 127 Å². The van der Waals surface area contributed by atoms with Crippen molar-refractivity contribution in [2.24, 2.45) is 11.8 Å². The number of morpholine rings is 1. The molecule has 4 saturated heterocycles. The van der Waals surface area contributed by atoms with Crippen LogP contribution in [0.4, 0.5) is 0 Å². The maximum atomic E-state index is 5.53. The highest BCUT2D eigenvalue weighted by Gasteiger charge is 2.29. The highest BCUT2D eigenvalue weighted by Crippen LogP contribution is 2.34. The summed E-state index contributed by atoms with van der Waals surface area (Å²) >= 11 is 25.2. The SMILES string of the molecule is Brc1ccc(Br)nn1.Brc1ccc(Br)nn1.Brc1cnc(Br)cn1.Brc1cnc(Br)cn1.C1CC2CNCC1O2.C1CC2COCC1C2.C1CCOCC1. The van der Waals surface area contributed by atoms with Gasteiger partial charge in [-0.1, -0.05) is 0 Å². The van der Waals surface area contributed by atoms with Gasteiger partial charge in [-0.2, -0.15) is 0 Å². The number of hydrogen-bond donors (Lipinski definition) is 1. The van der Waals surface area contributed by atoms with Gasteiger partial charge in [0.25, 0.3) is 0 Å². The number of aromatic nitrogens is 8. The molecule has 9 rings (SSSR count). The number of fused-ring (bicyclic) bond motifs is 4. The van der Waals surface area contributed by atoms with Gasteiger partial charge in [0, 0.05) is 39.5 Å². The van der Waals surface area contributed by atoms with E-state index in [9.17, 15) is 0 Å². The molecule has 4 atom stereocenters. The van der Waals surface area contributed by atoms with Crippen LogP contribution in [0.15, 0.2) is 85.9 Å². The lowest BCUT2D eigenvalue weighted by molar-refractivity contribution is 0.0184. The molecule has 12 nitrogen and oxygen atoms in total. The van der Waals surface area contributed by atoms with Crippen molar-refractivity contribution in [1.82, 2.24) is 45.6 Å². The van der Waals surface area contributed by atoms with Crippen LogP contribution in [-0.2, 0) is 14.2 Å². The zero-order chi connectivity index (χ0) is 39.0. The van der Waals surface area contributed by atoms with E-state index in [1.54, 1.807) is 24.8 Å². The van der Waals surface area contributed by atoms with Crippen LogP contribution in [0.2, 0.25) is 0 Å². The van der Waals surface area contributed by atoms with E-state index in [0.29, 0.717) is 12.2 Å². The van der Waals surface area contributed by atoms with Gasteiger partial charge in [-0.3, -0.25) is 0 Å². The average Bonchev–Trinajstić information content (AvgIpc) is 3.72. The van der Waals surface area contributed by atoms with Gasteiger partial charge in [-0.15, -0.1) is 20.4 Å². The van der Waals surface area contributed by atoms with Crippen LogP contribution in [0.25, 0.3) is 0 Å². The number of hydrogen-bond acceptors (Lipinski definition) is 12. The predicted octanol–water partition coefficient (Wildman–Crippen LogP) is 10.8. The molecule has 1 aliphatic carbocycles. The van der Waals surface area contributed by atoms with E-state index >= 15 is 0 Å². The smallest absolute Gasteiger partial charge is 0.128 e. The molecule has 0 radical (unpaired) electrons. The maximum Gasteiger partial charge on any atom is 0.128 e. The van der Waals surface area contributed by atoms with Gasteiger partial charge in [-0.25, -0.2) is 19.9 Å². The first-order valence-corrected chi connectivity index (χ1v) is 23.5. The Bertz CT molecular complexity index is 1230. The molecule has 5 aliphatic rings. The minimum Gasteiger partial charge on any atom is -0.381 e. The molecular weight excluding hydrogens is 1220 g/mol. The molecular formula is C34H41Br8N9O3. The second-order valence-corrected chi connectivity index (χ2v) is 18.6. The second kappa shape index (κ2) is 29.2. The van der Waals surface area contributed by atoms with Gasteiger partial charge in [0.05, 0.1) is 37.0 Å². The topological polar surface area (TPSA) is 143 Å². The molecule has 4 aliphatic heterocycles. The molecule has 20 heteroatoms. The van der Waals surface area contributed by atoms with Crippen molar-refractivity contribution in [3.05, 3.63) is 85.9 Å². The van der Waals surface area contributed by atoms with Gasteiger partial charge in [0.15, 0.2) is 0 Å². The zero-order valence-electron chi connectivity index (χ0n) is 29.2. The van der Waals surface area contributed by atoms with E-state index < -0.39 is 0 Å². The molecule has 5 fully saturated rings. The van der Waals surface area contributed by atoms with E-state index in [4.69, 9.17) is 14.2 Å². The molecule has 296 valence electrons. The molecule has 1 N–H and O–H groups in total. The first kappa shape index (κ1) is 48.4. The first-order chi connectivity index (χ1) is 26.0. The Labute approximate surface area is 384 Å². The van der Waals surface area contributed by atoms with Crippen LogP contribution in [0.5, 0.6) is 0 Å². The van der Waals surface area contributed by atoms with E-state index in [2.05, 4.69) is 173 Å². The molecule has 1 saturated carbocycles. The molecule has 0 aromatic carbocycles. The summed E-state index contributed by atoms with van der Waals surface area (Å²) < 4.78 is 22.0. The van der Waals surface area contributed by atoms with Crippen molar-refractivity contribution in [3.8, 4) is 0 Å². The van der Waals surface area contributed by atoms with Crippen molar-refractivity contribution in [2.75, 3.05) is 39.5 Å². The molecule has 54 heavy (non-hydrogen) atoms. The van der Waals surface area contributed by atoms with Crippen LogP contribution < -0.4 is 5.32 Å². The van der Waals surface area contributed by atoms with E-state index in [1.165, 1.54) is 51.4 Å². The first-order valence-electron chi connectivity index (χ1n) is 17.1. The van der Waals surface area contributed by atoms with Crippen LogP contribution >= 0.6 is 127 Å². The molecule has 4 unspecified atom stereocenters. The minimum absolute atomic E-state index is 0.550. The molecule has 8 heterocycles. The van der Waals surface area contributed by atoms with Gasteiger partial charge >= 0.3 is 0 Å². The standard InChI is InChI=1S/C7H12O.C6H11NO.C5H10O.4C4H2Br2N2/c1-2-7-3-6(1)4-8-5-7;1-2-6-4-7-3-5(1)8-6;1-2-4-6-5-3-1;2*5-3-1-7-4(6)2-8-3;2*5-3-1-2-4(6)8-7-3/h6-7H,1-5H2;5-7H,1-4H2;1-5H2;4*1-2H. The number of ether oxygens (including phenoxy) is 3. The third-order valence-electron chi connectivity index (χ3n) is 7.75. The third kappa shape index (κ3) is 23.4. The lowest BCUT2D eigenvalue weighted by Crippen LogP contribution is -2.38. The van der Waals surface area contributed by atoms with Gasteiger partial charge in [-0.05, 0) is 215 Å². The quantitative estimate of drug-likeness (QED) is 0.179. The molecule has 4 aromatic rings. The third-order valence-corrected chi connectivity index (χ3v) is 11.1. The number of nitrogens with zero attached hydrogens (tertiary/aromatic N) is 8. The number of rotatable bonds is 0.